The zero-order valence-corrected chi connectivity index (χ0v) is 15.0. The number of anilines is 1. The number of amides is 2. The van der Waals surface area contributed by atoms with Gasteiger partial charge < -0.3 is 14.0 Å². The molecular formula is C17H19F2N3O3S. The Hall–Kier alpha value is -2.13. The molecule has 0 radical (unpaired) electrons. The summed E-state index contributed by atoms with van der Waals surface area (Å²) in [5.74, 6) is -0.742. The van der Waals surface area contributed by atoms with E-state index in [9.17, 15) is 13.7 Å². The standard InChI is InChI=1S/C17H19F2N3O3S/c1-17(19,26(24)14-4-2-3-13(18)11-14)12-5-8-22(9-6-12)16(23)20-15-7-10-25-21-15/h2-4,7,10-12H,5-6,8-9H2,1H3,(H,20,21,23). The van der Waals surface area contributed by atoms with Crippen LogP contribution in [0.1, 0.15) is 19.8 Å². The Balaban J connectivity index is 1.60. The molecule has 1 aromatic carbocycles. The van der Waals surface area contributed by atoms with Gasteiger partial charge in [0.2, 0.25) is 0 Å². The number of carbonyl (C=O) groups is 1. The van der Waals surface area contributed by atoms with Crippen molar-refractivity contribution in [2.24, 2.45) is 5.92 Å². The molecular weight excluding hydrogens is 364 g/mol. The summed E-state index contributed by atoms with van der Waals surface area (Å²) in [4.78, 5) is 13.8. The number of benzene rings is 1. The molecule has 9 heteroatoms. The molecule has 2 aromatic rings. The van der Waals surface area contributed by atoms with Crippen LogP contribution in [0.15, 0.2) is 46.0 Å². The normalized spacial score (nSPS) is 19.0. The van der Waals surface area contributed by atoms with E-state index in [0.29, 0.717) is 31.7 Å². The molecule has 2 heterocycles. The smallest absolute Gasteiger partial charge is 0.323 e. The Morgan fingerprint density at radius 2 is 2.15 bits per heavy atom. The quantitative estimate of drug-likeness (QED) is 0.819. The van der Waals surface area contributed by atoms with E-state index in [4.69, 9.17) is 0 Å². The van der Waals surface area contributed by atoms with Crippen molar-refractivity contribution in [2.75, 3.05) is 18.4 Å². The number of halogens is 2. The molecule has 0 aliphatic carbocycles. The zero-order chi connectivity index (χ0) is 18.7. The number of piperidine rings is 1. The van der Waals surface area contributed by atoms with Gasteiger partial charge in [0.15, 0.2) is 10.7 Å². The fraction of sp³-hybridized carbons (Fsp3) is 0.412. The van der Waals surface area contributed by atoms with Crippen molar-refractivity contribution in [3.8, 4) is 0 Å². The number of urea groups is 1. The highest BCUT2D eigenvalue weighted by molar-refractivity contribution is 7.92. The first kappa shape index (κ1) is 18.7. The van der Waals surface area contributed by atoms with Crippen LogP contribution in [0, 0.1) is 11.7 Å². The van der Waals surface area contributed by atoms with Gasteiger partial charge in [0.05, 0.1) is 0 Å². The second kappa shape index (κ2) is 7.63. The van der Waals surface area contributed by atoms with Crippen LogP contribution in [0.4, 0.5) is 19.4 Å². The van der Waals surface area contributed by atoms with Crippen LogP contribution < -0.4 is 5.32 Å². The van der Waals surface area contributed by atoms with E-state index >= 15 is 4.39 Å². The van der Waals surface area contributed by atoms with E-state index in [2.05, 4.69) is 15.0 Å². The summed E-state index contributed by atoms with van der Waals surface area (Å²) in [6, 6.07) is 6.36. The molecule has 2 amide bonds. The fourth-order valence-corrected chi connectivity index (χ4v) is 4.45. The molecule has 26 heavy (non-hydrogen) atoms. The maximum atomic E-state index is 15.3. The SMILES string of the molecule is CC(F)(C1CCN(C(=O)Nc2ccon2)CC1)[S+]([O-])c1cccc(F)c1. The van der Waals surface area contributed by atoms with E-state index in [0.717, 1.165) is 6.07 Å². The summed E-state index contributed by atoms with van der Waals surface area (Å²) >= 11 is -2.00. The average Bonchev–Trinajstić information content (AvgIpc) is 3.14. The summed E-state index contributed by atoms with van der Waals surface area (Å²) < 4.78 is 45.8. The number of alkyl halides is 1. The van der Waals surface area contributed by atoms with E-state index in [1.54, 1.807) is 4.90 Å². The molecule has 140 valence electrons. The number of hydrogen-bond acceptors (Lipinski definition) is 4. The van der Waals surface area contributed by atoms with Crippen molar-refractivity contribution in [2.45, 2.75) is 29.7 Å². The topological polar surface area (TPSA) is 81.4 Å². The van der Waals surface area contributed by atoms with Gasteiger partial charge >= 0.3 is 6.03 Å². The molecule has 0 spiro atoms. The molecule has 1 saturated heterocycles. The van der Waals surface area contributed by atoms with E-state index < -0.39 is 27.9 Å². The van der Waals surface area contributed by atoms with Gasteiger partial charge in [0.1, 0.15) is 12.1 Å². The van der Waals surface area contributed by atoms with Gasteiger partial charge in [-0.05, 0) is 25.0 Å². The second-order valence-electron chi connectivity index (χ2n) is 6.29. The maximum Gasteiger partial charge on any atom is 0.323 e. The number of nitrogens with one attached hydrogen (secondary N) is 1. The molecule has 1 aromatic heterocycles. The first-order valence-corrected chi connectivity index (χ1v) is 9.35. The minimum Gasteiger partial charge on any atom is -0.609 e. The van der Waals surface area contributed by atoms with Crippen LogP contribution in [-0.4, -0.2) is 38.7 Å². The van der Waals surface area contributed by atoms with Crippen LogP contribution >= 0.6 is 0 Å². The van der Waals surface area contributed by atoms with Crippen LogP contribution in [0.2, 0.25) is 0 Å². The molecule has 3 rings (SSSR count). The summed E-state index contributed by atoms with van der Waals surface area (Å²) in [6.45, 7) is 1.94. The molecule has 1 aliphatic rings. The number of likely N-dealkylation sites (tertiary alicyclic amines) is 1. The molecule has 1 aliphatic heterocycles. The molecule has 1 fully saturated rings. The van der Waals surface area contributed by atoms with Crippen LogP contribution in [0.3, 0.4) is 0 Å². The number of carbonyl (C=O) groups excluding carboxylic acids is 1. The largest absolute Gasteiger partial charge is 0.609 e. The number of aromatic nitrogens is 1. The molecule has 6 nitrogen and oxygen atoms in total. The van der Waals surface area contributed by atoms with Crippen molar-refractivity contribution in [1.82, 2.24) is 10.1 Å². The molecule has 1 N–H and O–H groups in total. The van der Waals surface area contributed by atoms with Gasteiger partial charge in [0, 0.05) is 49.2 Å². The predicted molar refractivity (Wildman–Crippen MR) is 92.1 cm³/mol. The highest BCUT2D eigenvalue weighted by atomic mass is 32.2. The van der Waals surface area contributed by atoms with Gasteiger partial charge in [-0.1, -0.05) is 11.2 Å². The highest BCUT2D eigenvalue weighted by Crippen LogP contribution is 2.39. The first-order chi connectivity index (χ1) is 12.4. The third-order valence-electron chi connectivity index (χ3n) is 4.56. The summed E-state index contributed by atoms with van der Waals surface area (Å²) in [5.41, 5.74) is 0. The lowest BCUT2D eigenvalue weighted by Crippen LogP contribution is -2.48. The lowest BCUT2D eigenvalue weighted by Gasteiger charge is -2.37. The Labute approximate surface area is 152 Å². The Morgan fingerprint density at radius 1 is 1.42 bits per heavy atom. The minimum atomic E-state index is -2.01. The molecule has 0 saturated carbocycles. The van der Waals surface area contributed by atoms with Gasteiger partial charge in [-0.3, -0.25) is 5.32 Å². The third-order valence-corrected chi connectivity index (χ3v) is 6.30. The van der Waals surface area contributed by atoms with E-state index in [1.807, 2.05) is 0 Å². The Bertz CT molecular complexity index is 749. The van der Waals surface area contributed by atoms with E-state index in [-0.39, 0.29) is 10.9 Å². The molecule has 0 bridgehead atoms. The van der Waals surface area contributed by atoms with Crippen molar-refractivity contribution in [1.29, 1.82) is 0 Å². The zero-order valence-electron chi connectivity index (χ0n) is 14.2. The van der Waals surface area contributed by atoms with Crippen LogP contribution in [0.5, 0.6) is 0 Å². The monoisotopic (exact) mass is 383 g/mol. The van der Waals surface area contributed by atoms with Crippen LogP contribution in [-0.2, 0) is 11.2 Å². The van der Waals surface area contributed by atoms with Crippen LogP contribution in [0.25, 0.3) is 0 Å². The number of hydrogen-bond donors (Lipinski definition) is 1. The lowest BCUT2D eigenvalue weighted by atomic mass is 9.92. The van der Waals surface area contributed by atoms with Crippen molar-refractivity contribution in [3.63, 3.8) is 0 Å². The van der Waals surface area contributed by atoms with Gasteiger partial charge in [0.25, 0.3) is 5.00 Å². The Morgan fingerprint density at radius 3 is 2.77 bits per heavy atom. The van der Waals surface area contributed by atoms with Crippen molar-refractivity contribution >= 4 is 23.0 Å². The van der Waals surface area contributed by atoms with Crippen molar-refractivity contribution in [3.05, 3.63) is 42.4 Å². The maximum absolute atomic E-state index is 15.3. The minimum absolute atomic E-state index is 0.126. The second-order valence-corrected chi connectivity index (χ2v) is 8.10. The lowest BCUT2D eigenvalue weighted by molar-refractivity contribution is 0.117. The third kappa shape index (κ3) is 3.99. The highest BCUT2D eigenvalue weighted by Gasteiger charge is 2.48. The average molecular weight is 383 g/mol. The van der Waals surface area contributed by atoms with Gasteiger partial charge in [-0.15, -0.1) is 0 Å². The Kier molecular flexibility index (Phi) is 5.47. The van der Waals surface area contributed by atoms with E-state index in [1.165, 1.54) is 37.5 Å². The predicted octanol–water partition coefficient (Wildman–Crippen LogP) is 3.55. The summed E-state index contributed by atoms with van der Waals surface area (Å²) in [5, 5.41) is 4.18. The van der Waals surface area contributed by atoms with Crippen molar-refractivity contribution < 1.29 is 22.7 Å². The van der Waals surface area contributed by atoms with Gasteiger partial charge in [-0.25, -0.2) is 9.18 Å². The van der Waals surface area contributed by atoms with Gasteiger partial charge in [-0.2, -0.15) is 4.39 Å². The summed E-state index contributed by atoms with van der Waals surface area (Å²) in [7, 11) is 0. The molecule has 2 atom stereocenters. The fourth-order valence-electron chi connectivity index (χ4n) is 3.03. The first-order valence-electron chi connectivity index (χ1n) is 8.20. The number of nitrogens with zero attached hydrogens (tertiary/aromatic N) is 2. The number of rotatable bonds is 4. The summed E-state index contributed by atoms with van der Waals surface area (Å²) in [6.07, 6.45) is 2.07. The molecule has 2 unspecified atom stereocenters.